The molecule has 2 bridgehead atoms. The molecular formula is C30H46N4O5. The average Bonchev–Trinajstić information content (AvgIpc) is 2.89. The van der Waals surface area contributed by atoms with Gasteiger partial charge in [0, 0.05) is 20.1 Å². The maximum atomic E-state index is 14.2. The summed E-state index contributed by atoms with van der Waals surface area (Å²) in [6.07, 6.45) is 8.47. The Balaban J connectivity index is 1.66. The number of rotatable bonds is 2. The van der Waals surface area contributed by atoms with Crippen LogP contribution >= 0.6 is 0 Å². The summed E-state index contributed by atoms with van der Waals surface area (Å²) >= 11 is 0. The Morgan fingerprint density at radius 1 is 0.949 bits per heavy atom. The molecule has 0 radical (unpaired) electrons. The molecule has 3 aliphatic rings. The number of nitrogens with zero attached hydrogens (tertiary/aromatic N) is 2. The number of hydrogen-bond donors (Lipinski definition) is 3. The zero-order valence-corrected chi connectivity index (χ0v) is 24.0. The van der Waals surface area contributed by atoms with Crippen LogP contribution in [0.5, 0.6) is 5.75 Å². The first kappa shape index (κ1) is 29.3. The van der Waals surface area contributed by atoms with Crippen LogP contribution in [0.1, 0.15) is 69.9 Å². The predicted octanol–water partition coefficient (Wildman–Crippen LogP) is 2.04. The van der Waals surface area contributed by atoms with Gasteiger partial charge in [0.05, 0.1) is 18.2 Å². The largest absolute Gasteiger partial charge is 0.489 e. The van der Waals surface area contributed by atoms with Gasteiger partial charge >= 0.3 is 0 Å². The van der Waals surface area contributed by atoms with Crippen molar-refractivity contribution in [2.24, 2.45) is 5.92 Å². The van der Waals surface area contributed by atoms with Gasteiger partial charge in [-0.25, -0.2) is 0 Å². The molecule has 1 aliphatic carbocycles. The summed E-state index contributed by atoms with van der Waals surface area (Å²) in [6.45, 7) is 3.91. The standard InChI is InChI=1S/C30H46N4O5/c1-30(2,38)27-28(36)32-18-24(35)31-17-9-14-21-12-8-13-22-15-16-23(39-26(21)22)19-33(3)25(29(37)34(27)4)20-10-6-5-7-11-20/h8,12-13,20,23,25,27,38H,5-7,9-11,14-19H2,1-4H3,(H,31,35)(H,32,36). The maximum absolute atomic E-state index is 14.2. The van der Waals surface area contributed by atoms with Gasteiger partial charge in [0.25, 0.3) is 0 Å². The Morgan fingerprint density at radius 2 is 1.64 bits per heavy atom. The quantitative estimate of drug-likeness (QED) is 0.528. The summed E-state index contributed by atoms with van der Waals surface area (Å²) < 4.78 is 6.58. The molecule has 9 heteroatoms. The highest BCUT2D eigenvalue weighted by molar-refractivity contribution is 5.92. The molecule has 2 aliphatic heterocycles. The fraction of sp³-hybridized carbons (Fsp3) is 0.700. The van der Waals surface area contributed by atoms with E-state index in [2.05, 4.69) is 33.7 Å². The third kappa shape index (κ3) is 7.11. The molecule has 3 unspecified atom stereocenters. The fourth-order valence-electron chi connectivity index (χ4n) is 6.63. The van der Waals surface area contributed by atoms with Gasteiger partial charge in [-0.1, -0.05) is 37.5 Å². The molecule has 4 rings (SSSR count). The zero-order chi connectivity index (χ0) is 28.2. The SMILES string of the molecule is CN1CC2CCc3cccc(c3O2)CCCNC(=O)CNC(=O)C(C(C)(C)O)N(C)C(=O)C1C1CCCCC1. The van der Waals surface area contributed by atoms with Crippen LogP contribution in [0, 0.1) is 5.92 Å². The number of carbonyl (C=O) groups is 3. The van der Waals surface area contributed by atoms with Crippen LogP contribution in [-0.4, -0.2) is 90.1 Å². The molecule has 2 heterocycles. The van der Waals surface area contributed by atoms with Crippen molar-refractivity contribution in [1.29, 1.82) is 0 Å². The van der Waals surface area contributed by atoms with Gasteiger partial charge in [0.15, 0.2) is 0 Å². The van der Waals surface area contributed by atoms with Crippen LogP contribution in [0.25, 0.3) is 0 Å². The second-order valence-electron chi connectivity index (χ2n) is 12.1. The molecule has 0 saturated heterocycles. The lowest BCUT2D eigenvalue weighted by atomic mass is 9.82. The Hall–Kier alpha value is -2.65. The monoisotopic (exact) mass is 542 g/mol. The highest BCUT2D eigenvalue weighted by Gasteiger charge is 2.44. The summed E-state index contributed by atoms with van der Waals surface area (Å²) in [5.74, 6) is 0.0682. The highest BCUT2D eigenvalue weighted by atomic mass is 16.5. The van der Waals surface area contributed by atoms with E-state index in [0.29, 0.717) is 13.1 Å². The van der Waals surface area contributed by atoms with E-state index in [0.717, 1.165) is 62.7 Å². The number of aliphatic hydroxyl groups is 1. The molecule has 9 nitrogen and oxygen atoms in total. The molecular weight excluding hydrogens is 496 g/mol. The average molecular weight is 543 g/mol. The van der Waals surface area contributed by atoms with Crippen LogP contribution < -0.4 is 15.4 Å². The van der Waals surface area contributed by atoms with E-state index >= 15 is 0 Å². The number of aryl methyl sites for hydroxylation is 2. The summed E-state index contributed by atoms with van der Waals surface area (Å²) in [4.78, 5) is 43.5. The molecule has 3 N–H and O–H groups in total. The van der Waals surface area contributed by atoms with E-state index in [9.17, 15) is 19.5 Å². The molecule has 0 spiro atoms. The minimum atomic E-state index is -1.51. The summed E-state index contributed by atoms with van der Waals surface area (Å²) in [5, 5.41) is 16.5. The molecule has 1 saturated carbocycles. The molecule has 216 valence electrons. The van der Waals surface area contributed by atoms with E-state index in [1.54, 1.807) is 7.05 Å². The Kier molecular flexibility index (Phi) is 9.54. The van der Waals surface area contributed by atoms with E-state index < -0.39 is 23.6 Å². The van der Waals surface area contributed by atoms with Crippen LogP contribution in [0.2, 0.25) is 0 Å². The molecule has 0 aromatic heterocycles. The van der Waals surface area contributed by atoms with Crippen molar-refractivity contribution in [1.82, 2.24) is 20.4 Å². The topological polar surface area (TPSA) is 111 Å². The van der Waals surface area contributed by atoms with Crippen LogP contribution in [0.4, 0.5) is 0 Å². The first-order chi connectivity index (χ1) is 18.6. The molecule has 39 heavy (non-hydrogen) atoms. The third-order valence-electron chi connectivity index (χ3n) is 8.53. The minimum absolute atomic E-state index is 0.0557. The number of nitrogens with one attached hydrogen (secondary N) is 2. The number of carbonyl (C=O) groups excluding carboxylic acids is 3. The molecule has 1 fully saturated rings. The second-order valence-corrected chi connectivity index (χ2v) is 12.1. The smallest absolute Gasteiger partial charge is 0.246 e. The van der Waals surface area contributed by atoms with E-state index in [4.69, 9.17) is 4.74 Å². The van der Waals surface area contributed by atoms with Gasteiger partial charge in [-0.3, -0.25) is 19.3 Å². The van der Waals surface area contributed by atoms with Crippen molar-refractivity contribution in [3.05, 3.63) is 29.3 Å². The van der Waals surface area contributed by atoms with Crippen LogP contribution in [-0.2, 0) is 27.2 Å². The third-order valence-corrected chi connectivity index (χ3v) is 8.53. The van der Waals surface area contributed by atoms with Crippen molar-refractivity contribution in [3.8, 4) is 5.75 Å². The lowest BCUT2D eigenvalue weighted by Gasteiger charge is -2.43. The van der Waals surface area contributed by atoms with E-state index in [1.807, 2.05) is 7.05 Å². The predicted molar refractivity (Wildman–Crippen MR) is 149 cm³/mol. The molecule has 3 atom stereocenters. The van der Waals surface area contributed by atoms with Gasteiger partial charge in [-0.05, 0) is 76.5 Å². The normalized spacial score (nSPS) is 27.2. The van der Waals surface area contributed by atoms with Crippen molar-refractivity contribution in [2.75, 3.05) is 33.7 Å². The Bertz CT molecular complexity index is 1030. The summed E-state index contributed by atoms with van der Waals surface area (Å²) in [5.41, 5.74) is 0.838. The number of amides is 3. The maximum Gasteiger partial charge on any atom is 0.246 e. The van der Waals surface area contributed by atoms with Crippen molar-refractivity contribution < 1.29 is 24.2 Å². The van der Waals surface area contributed by atoms with Gasteiger partial charge in [0.1, 0.15) is 17.9 Å². The lowest BCUT2D eigenvalue weighted by Crippen LogP contribution is -2.63. The van der Waals surface area contributed by atoms with Gasteiger partial charge < -0.3 is 25.4 Å². The van der Waals surface area contributed by atoms with Gasteiger partial charge in [-0.15, -0.1) is 0 Å². The van der Waals surface area contributed by atoms with Gasteiger partial charge in [0.2, 0.25) is 17.7 Å². The second kappa shape index (κ2) is 12.7. The highest BCUT2D eigenvalue weighted by Crippen LogP contribution is 2.34. The Labute approximate surface area is 232 Å². The van der Waals surface area contributed by atoms with E-state index in [1.165, 1.54) is 30.7 Å². The number of likely N-dealkylation sites (N-methyl/N-ethyl adjacent to an activating group) is 2. The fourth-order valence-corrected chi connectivity index (χ4v) is 6.63. The van der Waals surface area contributed by atoms with Crippen molar-refractivity contribution in [2.45, 2.75) is 95.4 Å². The van der Waals surface area contributed by atoms with Crippen molar-refractivity contribution in [3.63, 3.8) is 0 Å². The molecule has 1 aromatic rings. The summed E-state index contributed by atoms with van der Waals surface area (Å²) in [7, 11) is 3.57. The van der Waals surface area contributed by atoms with E-state index in [-0.39, 0.29) is 30.4 Å². The van der Waals surface area contributed by atoms with Gasteiger partial charge in [-0.2, -0.15) is 0 Å². The lowest BCUT2D eigenvalue weighted by molar-refractivity contribution is -0.153. The van der Waals surface area contributed by atoms with Crippen LogP contribution in [0.15, 0.2) is 18.2 Å². The number of fused-ring (bicyclic) bond motifs is 1. The molecule has 1 aromatic carbocycles. The van der Waals surface area contributed by atoms with Crippen molar-refractivity contribution >= 4 is 17.7 Å². The first-order valence-corrected chi connectivity index (χ1v) is 14.6. The number of hydrogen-bond acceptors (Lipinski definition) is 6. The number of para-hydroxylation sites is 1. The number of ether oxygens (including phenoxy) is 1. The summed E-state index contributed by atoms with van der Waals surface area (Å²) in [6, 6.07) is 4.70. The Morgan fingerprint density at radius 3 is 2.33 bits per heavy atom. The number of benzene rings is 1. The van der Waals surface area contributed by atoms with Crippen LogP contribution in [0.3, 0.4) is 0 Å². The molecule has 3 amide bonds. The zero-order valence-electron chi connectivity index (χ0n) is 24.0. The minimum Gasteiger partial charge on any atom is -0.489 e. The first-order valence-electron chi connectivity index (χ1n) is 14.6.